The molecule has 14 heavy (non-hydrogen) atoms. The summed E-state index contributed by atoms with van der Waals surface area (Å²) in [6.45, 7) is 0.476. The Bertz CT molecular complexity index is 345. The average molecular weight is 199 g/mol. The van der Waals surface area contributed by atoms with Crippen molar-refractivity contribution in [1.29, 1.82) is 0 Å². The quantitative estimate of drug-likeness (QED) is 0.693. The van der Waals surface area contributed by atoms with E-state index in [1.165, 1.54) is 7.05 Å². The fourth-order valence-corrected chi connectivity index (χ4v) is 1.07. The van der Waals surface area contributed by atoms with Crippen LogP contribution in [-0.2, 0) is 11.3 Å². The number of aromatic nitrogens is 2. The predicted molar refractivity (Wildman–Crippen MR) is 51.9 cm³/mol. The molecule has 1 aromatic rings. The smallest absolute Gasteiger partial charge is 0.320 e. The fourth-order valence-electron chi connectivity index (χ4n) is 1.07. The van der Waals surface area contributed by atoms with Crippen LogP contribution in [0.25, 0.3) is 0 Å². The van der Waals surface area contributed by atoms with Gasteiger partial charge in [0.2, 0.25) is 0 Å². The van der Waals surface area contributed by atoms with Crippen LogP contribution in [0.5, 0.6) is 0 Å². The number of aliphatic carboxylic acids is 1. The molecule has 0 amide bonds. The summed E-state index contributed by atoms with van der Waals surface area (Å²) in [5, 5.41) is 11.2. The van der Waals surface area contributed by atoms with E-state index in [9.17, 15) is 4.79 Å². The first-order valence-electron chi connectivity index (χ1n) is 5.38. The molecule has 0 saturated carbocycles. The van der Waals surface area contributed by atoms with Gasteiger partial charge in [-0.15, -0.1) is 0 Å². The molecule has 0 fully saturated rings. The van der Waals surface area contributed by atoms with Gasteiger partial charge in [-0.05, 0) is 19.9 Å². The normalized spacial score (nSPS) is 19.2. The minimum Gasteiger partial charge on any atom is -0.480 e. The summed E-state index contributed by atoms with van der Waals surface area (Å²) in [6, 6.07) is -1.96. The Balaban J connectivity index is 2.56. The first-order chi connectivity index (χ1) is 7.50. The van der Waals surface area contributed by atoms with Crippen molar-refractivity contribution in [1.82, 2.24) is 14.9 Å². The van der Waals surface area contributed by atoms with E-state index >= 15 is 0 Å². The molecular formula is C9H15N3O2. The molecule has 0 aromatic carbocycles. The number of rotatable bonds is 6. The molecule has 1 heterocycles. The van der Waals surface area contributed by atoms with E-state index in [1.54, 1.807) is 23.3 Å². The maximum Gasteiger partial charge on any atom is 0.320 e. The maximum atomic E-state index is 10.9. The average Bonchev–Trinajstić information content (AvgIpc) is 2.77. The first kappa shape index (κ1) is 7.99. The van der Waals surface area contributed by atoms with E-state index in [4.69, 9.17) is 7.85 Å². The van der Waals surface area contributed by atoms with Crippen molar-refractivity contribution < 1.29 is 12.6 Å². The van der Waals surface area contributed by atoms with E-state index in [-0.39, 0.29) is 6.42 Å². The van der Waals surface area contributed by atoms with Crippen molar-refractivity contribution in [2.45, 2.75) is 25.4 Å². The lowest BCUT2D eigenvalue weighted by Gasteiger charge is -2.10. The number of nitrogens with zero attached hydrogens (tertiary/aromatic N) is 2. The van der Waals surface area contributed by atoms with E-state index in [0.29, 0.717) is 6.54 Å². The number of imidazole rings is 1. The molecule has 0 spiro atoms. The molecule has 0 radical (unpaired) electrons. The van der Waals surface area contributed by atoms with Gasteiger partial charge in [-0.3, -0.25) is 4.79 Å². The zero-order chi connectivity index (χ0) is 12.2. The highest BCUT2D eigenvalue weighted by Crippen LogP contribution is 2.00. The molecule has 78 valence electrons. The van der Waals surface area contributed by atoms with Gasteiger partial charge in [0.1, 0.15) is 6.02 Å². The summed E-state index contributed by atoms with van der Waals surface area (Å²) in [5.74, 6) is -1.33. The Morgan fingerprint density at radius 3 is 3.21 bits per heavy atom. The summed E-state index contributed by atoms with van der Waals surface area (Å²) in [7, 11) is 1.37. The summed E-state index contributed by atoms with van der Waals surface area (Å²) in [6.07, 6.45) is 4.17. The van der Waals surface area contributed by atoms with E-state index in [2.05, 4.69) is 10.3 Å². The minimum absolute atomic E-state index is 0.271. The third kappa shape index (κ3) is 3.18. The van der Waals surface area contributed by atoms with Crippen LogP contribution < -0.4 is 5.32 Å². The standard InChI is InChI=1S/C9H15N3O2/c1-10-8(9(13)14)3-2-5-12-6-4-11-7-12/h4,6-8,10H,2-3,5H2,1H3,(H,13,14)/t8-/m0/s1/i3D,8D/t3?,8-. The molecule has 0 bridgehead atoms. The Morgan fingerprint density at radius 1 is 1.93 bits per heavy atom. The van der Waals surface area contributed by atoms with Crippen LogP contribution >= 0.6 is 0 Å². The van der Waals surface area contributed by atoms with Gasteiger partial charge in [0.15, 0.2) is 0 Å². The van der Waals surface area contributed by atoms with Gasteiger partial charge in [0.05, 0.1) is 7.70 Å². The molecule has 5 nitrogen and oxygen atoms in total. The Morgan fingerprint density at radius 2 is 2.71 bits per heavy atom. The van der Waals surface area contributed by atoms with Crippen molar-refractivity contribution in [3.63, 3.8) is 0 Å². The number of hydrogen-bond donors (Lipinski definition) is 2. The number of nitrogens with one attached hydrogen (secondary N) is 1. The van der Waals surface area contributed by atoms with Gasteiger partial charge in [-0.1, -0.05) is 0 Å². The second-order valence-electron chi connectivity index (χ2n) is 2.76. The second kappa shape index (κ2) is 5.39. The van der Waals surface area contributed by atoms with Crippen LogP contribution in [0.15, 0.2) is 18.7 Å². The molecule has 1 rings (SSSR count). The number of likely N-dealkylation sites (N-methyl/N-ethyl adjacent to an activating group) is 1. The van der Waals surface area contributed by atoms with Crippen molar-refractivity contribution in [3.8, 4) is 0 Å². The lowest BCUT2D eigenvalue weighted by Crippen LogP contribution is -2.33. The molecule has 1 aromatic heterocycles. The van der Waals surface area contributed by atoms with Gasteiger partial charge in [-0.25, -0.2) is 4.98 Å². The van der Waals surface area contributed by atoms with E-state index < -0.39 is 18.4 Å². The van der Waals surface area contributed by atoms with Crippen molar-refractivity contribution in [2.24, 2.45) is 0 Å². The number of aryl methyl sites for hydroxylation is 1. The minimum atomic E-state index is -1.96. The monoisotopic (exact) mass is 199 g/mol. The van der Waals surface area contributed by atoms with Crippen LogP contribution in [-0.4, -0.2) is 33.7 Å². The van der Waals surface area contributed by atoms with E-state index in [0.717, 1.165) is 0 Å². The molecule has 0 aliphatic rings. The SMILES string of the molecule is [2H]C(CCn1ccnc1)[C@]([2H])(NC)C(=O)O. The number of hydrogen-bond acceptors (Lipinski definition) is 3. The Kier molecular flexibility index (Phi) is 3.07. The lowest BCUT2D eigenvalue weighted by molar-refractivity contribution is -0.139. The molecular weight excluding hydrogens is 182 g/mol. The first-order valence-corrected chi connectivity index (χ1v) is 4.31. The third-order valence-corrected chi connectivity index (χ3v) is 1.79. The number of carbonyl (C=O) groups is 1. The van der Waals surface area contributed by atoms with Crippen LogP contribution in [0.4, 0.5) is 0 Å². The number of carboxylic acid groups (broad SMARTS) is 1. The topological polar surface area (TPSA) is 67.2 Å². The predicted octanol–water partition coefficient (Wildman–Crippen LogP) is 0.336. The Hall–Kier alpha value is -1.36. The van der Waals surface area contributed by atoms with Crippen LogP contribution in [0.3, 0.4) is 0 Å². The van der Waals surface area contributed by atoms with Crippen LogP contribution in [0, 0.1) is 0 Å². The van der Waals surface area contributed by atoms with Crippen molar-refractivity contribution >= 4 is 5.97 Å². The molecule has 2 atom stereocenters. The second-order valence-corrected chi connectivity index (χ2v) is 2.76. The van der Waals surface area contributed by atoms with Gasteiger partial charge in [-0.2, -0.15) is 0 Å². The zero-order valence-electron chi connectivity index (χ0n) is 9.97. The molecule has 5 heteroatoms. The van der Waals surface area contributed by atoms with Gasteiger partial charge < -0.3 is 15.0 Å². The van der Waals surface area contributed by atoms with Crippen molar-refractivity contribution in [2.75, 3.05) is 7.05 Å². The summed E-state index contributed by atoms with van der Waals surface area (Å²) >= 11 is 0. The van der Waals surface area contributed by atoms with Gasteiger partial charge in [0, 0.05) is 20.3 Å². The molecule has 0 aliphatic heterocycles. The molecule has 1 unspecified atom stereocenters. The Labute approximate surface area is 85.6 Å². The maximum absolute atomic E-state index is 10.9. The highest BCUT2D eigenvalue weighted by molar-refractivity contribution is 5.73. The lowest BCUT2D eigenvalue weighted by atomic mass is 10.1. The summed E-state index contributed by atoms with van der Waals surface area (Å²) < 4.78 is 17.1. The van der Waals surface area contributed by atoms with Crippen molar-refractivity contribution in [3.05, 3.63) is 18.7 Å². The third-order valence-electron chi connectivity index (χ3n) is 1.79. The van der Waals surface area contributed by atoms with Gasteiger partial charge in [0.25, 0.3) is 0 Å². The highest BCUT2D eigenvalue weighted by atomic mass is 16.4. The number of carboxylic acids is 1. The van der Waals surface area contributed by atoms with Gasteiger partial charge >= 0.3 is 5.97 Å². The summed E-state index contributed by atoms with van der Waals surface area (Å²) in [4.78, 5) is 14.7. The van der Waals surface area contributed by atoms with Crippen LogP contribution in [0.2, 0.25) is 0 Å². The molecule has 0 saturated heterocycles. The molecule has 2 N–H and O–H groups in total. The zero-order valence-corrected chi connectivity index (χ0v) is 7.97. The molecule has 0 aliphatic carbocycles. The summed E-state index contributed by atoms with van der Waals surface area (Å²) in [5.41, 5.74) is 0. The van der Waals surface area contributed by atoms with E-state index in [1.807, 2.05) is 0 Å². The highest BCUT2D eigenvalue weighted by Gasteiger charge is 2.13. The van der Waals surface area contributed by atoms with Crippen LogP contribution in [0.1, 0.15) is 15.6 Å². The fraction of sp³-hybridized carbons (Fsp3) is 0.556. The largest absolute Gasteiger partial charge is 0.480 e.